The maximum Gasteiger partial charge on any atom is 0.161 e. The molecular formula is C45H31Br2N3. The fourth-order valence-corrected chi connectivity index (χ4v) is 6.47. The maximum absolute atomic E-state index is 4.74. The van der Waals surface area contributed by atoms with Crippen molar-refractivity contribution in [1.29, 1.82) is 0 Å². The third-order valence-corrected chi connectivity index (χ3v) is 9.02. The molecule has 0 unspecified atom stereocenters. The molecule has 8 aromatic rings. The molecule has 0 saturated heterocycles. The largest absolute Gasteiger partial charge is 0.241 e. The SMILES string of the molecule is Brc1cc(-c2ccc(-c3ccccc3)cc2)cc(-c2ccccc2)n1.Brc1cc(-c2ccc(-c3ccccc3)cc2)nc(-c2ccccc2)n1. The van der Waals surface area contributed by atoms with Gasteiger partial charge < -0.3 is 0 Å². The minimum atomic E-state index is 0.720. The van der Waals surface area contributed by atoms with Crippen molar-refractivity contribution in [2.45, 2.75) is 0 Å². The quantitative estimate of drug-likeness (QED) is 0.125. The van der Waals surface area contributed by atoms with Crippen LogP contribution in [0.5, 0.6) is 0 Å². The molecule has 0 aliphatic rings. The van der Waals surface area contributed by atoms with Gasteiger partial charge in [0.1, 0.15) is 9.21 Å². The fourth-order valence-electron chi connectivity index (χ4n) is 5.65. The minimum absolute atomic E-state index is 0.720. The van der Waals surface area contributed by atoms with E-state index in [0.29, 0.717) is 0 Å². The Balaban J connectivity index is 0.000000157. The summed E-state index contributed by atoms with van der Waals surface area (Å²) in [6, 6.07) is 64.3. The summed E-state index contributed by atoms with van der Waals surface area (Å²) in [7, 11) is 0. The van der Waals surface area contributed by atoms with Crippen molar-refractivity contribution in [1.82, 2.24) is 15.0 Å². The van der Waals surface area contributed by atoms with E-state index in [9.17, 15) is 0 Å². The van der Waals surface area contributed by atoms with Crippen LogP contribution < -0.4 is 0 Å². The Morgan fingerprint density at radius 3 is 1.10 bits per heavy atom. The van der Waals surface area contributed by atoms with Crippen LogP contribution in [0, 0.1) is 0 Å². The van der Waals surface area contributed by atoms with Gasteiger partial charge in [0.2, 0.25) is 0 Å². The average Bonchev–Trinajstić information content (AvgIpc) is 3.19. The van der Waals surface area contributed by atoms with E-state index in [0.717, 1.165) is 48.7 Å². The molecule has 0 radical (unpaired) electrons. The second-order valence-electron chi connectivity index (χ2n) is 11.6. The summed E-state index contributed by atoms with van der Waals surface area (Å²) in [5, 5.41) is 0. The molecule has 240 valence electrons. The van der Waals surface area contributed by atoms with Crippen molar-refractivity contribution in [2.75, 3.05) is 0 Å². The number of pyridine rings is 1. The molecule has 0 N–H and O–H groups in total. The normalized spacial score (nSPS) is 10.6. The molecule has 8 rings (SSSR count). The van der Waals surface area contributed by atoms with Crippen LogP contribution in [-0.2, 0) is 0 Å². The fraction of sp³-hybridized carbons (Fsp3) is 0. The van der Waals surface area contributed by atoms with Crippen LogP contribution in [-0.4, -0.2) is 15.0 Å². The Bertz CT molecular complexity index is 2130. The lowest BCUT2D eigenvalue weighted by atomic mass is 10.00. The Morgan fingerprint density at radius 2 is 0.600 bits per heavy atom. The highest BCUT2D eigenvalue weighted by molar-refractivity contribution is 9.10. The molecule has 3 nitrogen and oxygen atoms in total. The Hall–Kier alpha value is -5.49. The summed E-state index contributed by atoms with van der Waals surface area (Å²) in [5.41, 5.74) is 12.3. The molecule has 0 spiro atoms. The number of hydrogen-bond donors (Lipinski definition) is 0. The standard InChI is InChI=1S/C23H16BrN.C22H15BrN2/c24-23-16-21(15-22(25-23)20-9-5-2-6-10-20)19-13-11-18(12-14-19)17-7-3-1-4-8-17;23-21-15-20(24-22(25-21)19-9-5-2-6-10-19)18-13-11-17(12-14-18)16-7-3-1-4-8-16/h1-16H;1-15H. The first-order valence-electron chi connectivity index (χ1n) is 16.2. The van der Waals surface area contributed by atoms with Gasteiger partial charge in [-0.2, -0.15) is 0 Å². The van der Waals surface area contributed by atoms with Gasteiger partial charge in [0.05, 0.1) is 11.4 Å². The first kappa shape index (κ1) is 33.0. The van der Waals surface area contributed by atoms with Crippen LogP contribution in [0.3, 0.4) is 0 Å². The topological polar surface area (TPSA) is 38.7 Å². The molecule has 2 aromatic heterocycles. The Morgan fingerprint density at radius 1 is 0.260 bits per heavy atom. The number of aromatic nitrogens is 3. The molecule has 6 aromatic carbocycles. The van der Waals surface area contributed by atoms with E-state index in [-0.39, 0.29) is 0 Å². The van der Waals surface area contributed by atoms with E-state index >= 15 is 0 Å². The van der Waals surface area contributed by atoms with Crippen molar-refractivity contribution < 1.29 is 0 Å². The van der Waals surface area contributed by atoms with Crippen LogP contribution in [0.1, 0.15) is 0 Å². The number of benzene rings is 6. The molecule has 2 heterocycles. The summed E-state index contributed by atoms with van der Waals surface area (Å²) >= 11 is 7.06. The summed E-state index contributed by atoms with van der Waals surface area (Å²) in [4.78, 5) is 13.8. The molecule has 0 amide bonds. The highest BCUT2D eigenvalue weighted by Gasteiger charge is 2.09. The zero-order valence-electron chi connectivity index (χ0n) is 27.0. The van der Waals surface area contributed by atoms with E-state index in [1.54, 1.807) is 0 Å². The first-order valence-corrected chi connectivity index (χ1v) is 17.8. The highest BCUT2D eigenvalue weighted by atomic mass is 79.9. The smallest absolute Gasteiger partial charge is 0.161 e. The predicted octanol–water partition coefficient (Wildman–Crippen LogP) is 13.1. The van der Waals surface area contributed by atoms with Crippen molar-refractivity contribution in [3.8, 4) is 67.3 Å². The second-order valence-corrected chi connectivity index (χ2v) is 13.2. The van der Waals surface area contributed by atoms with E-state index in [2.05, 4.69) is 163 Å². The molecular weight excluding hydrogens is 742 g/mol. The zero-order valence-corrected chi connectivity index (χ0v) is 30.2. The predicted molar refractivity (Wildman–Crippen MR) is 214 cm³/mol. The molecule has 0 atom stereocenters. The van der Waals surface area contributed by atoms with Gasteiger partial charge in [-0.05, 0) is 83.4 Å². The van der Waals surface area contributed by atoms with E-state index < -0.39 is 0 Å². The Labute approximate surface area is 309 Å². The van der Waals surface area contributed by atoms with Crippen molar-refractivity contribution in [3.63, 3.8) is 0 Å². The summed E-state index contributed by atoms with van der Waals surface area (Å²) in [6.07, 6.45) is 0. The molecule has 0 aliphatic heterocycles. The van der Waals surface area contributed by atoms with Crippen LogP contribution in [0.2, 0.25) is 0 Å². The molecule has 0 bridgehead atoms. The zero-order chi connectivity index (χ0) is 34.1. The van der Waals surface area contributed by atoms with Gasteiger partial charge in [-0.25, -0.2) is 15.0 Å². The number of halogens is 2. The third-order valence-electron chi connectivity index (χ3n) is 8.20. The maximum atomic E-state index is 4.74. The van der Waals surface area contributed by atoms with Crippen molar-refractivity contribution >= 4 is 31.9 Å². The van der Waals surface area contributed by atoms with Crippen LogP contribution in [0.25, 0.3) is 67.3 Å². The monoisotopic (exact) mass is 771 g/mol. The van der Waals surface area contributed by atoms with E-state index in [1.807, 2.05) is 66.7 Å². The first-order chi connectivity index (χ1) is 24.6. The van der Waals surface area contributed by atoms with Gasteiger partial charge >= 0.3 is 0 Å². The minimum Gasteiger partial charge on any atom is -0.241 e. The van der Waals surface area contributed by atoms with Gasteiger partial charge in [0.25, 0.3) is 0 Å². The number of rotatable bonds is 6. The molecule has 0 aliphatic carbocycles. The molecule has 50 heavy (non-hydrogen) atoms. The lowest BCUT2D eigenvalue weighted by Crippen LogP contribution is -1.93. The van der Waals surface area contributed by atoms with Gasteiger partial charge in [-0.1, -0.05) is 170 Å². The second kappa shape index (κ2) is 15.8. The summed E-state index contributed by atoms with van der Waals surface area (Å²) < 4.78 is 1.62. The van der Waals surface area contributed by atoms with Crippen LogP contribution in [0.4, 0.5) is 0 Å². The molecule has 0 saturated carbocycles. The van der Waals surface area contributed by atoms with E-state index in [1.165, 1.54) is 27.8 Å². The Kier molecular flexibility index (Phi) is 10.4. The average molecular weight is 774 g/mol. The lowest BCUT2D eigenvalue weighted by Gasteiger charge is -2.08. The highest BCUT2D eigenvalue weighted by Crippen LogP contribution is 2.30. The van der Waals surface area contributed by atoms with Gasteiger partial charge in [-0.15, -0.1) is 0 Å². The van der Waals surface area contributed by atoms with Crippen LogP contribution in [0.15, 0.2) is 197 Å². The summed E-state index contributed by atoms with van der Waals surface area (Å²) in [6.45, 7) is 0. The third kappa shape index (κ3) is 8.20. The molecule has 0 fully saturated rings. The summed E-state index contributed by atoms with van der Waals surface area (Å²) in [5.74, 6) is 0.720. The number of hydrogen-bond acceptors (Lipinski definition) is 3. The van der Waals surface area contributed by atoms with Gasteiger partial charge in [-0.3, -0.25) is 0 Å². The van der Waals surface area contributed by atoms with Crippen molar-refractivity contribution in [2.24, 2.45) is 0 Å². The van der Waals surface area contributed by atoms with E-state index in [4.69, 9.17) is 4.98 Å². The van der Waals surface area contributed by atoms with Crippen molar-refractivity contribution in [3.05, 3.63) is 197 Å². The number of nitrogens with zero attached hydrogens (tertiary/aromatic N) is 3. The molecule has 5 heteroatoms. The van der Waals surface area contributed by atoms with Gasteiger partial charge in [0, 0.05) is 16.7 Å². The van der Waals surface area contributed by atoms with Crippen LogP contribution >= 0.6 is 31.9 Å². The lowest BCUT2D eigenvalue weighted by molar-refractivity contribution is 1.15. The van der Waals surface area contributed by atoms with Gasteiger partial charge in [0.15, 0.2) is 5.82 Å².